The molecule has 404 valence electrons. The van der Waals surface area contributed by atoms with Crippen molar-refractivity contribution in [2.45, 2.75) is 94.0 Å². The van der Waals surface area contributed by atoms with Crippen molar-refractivity contribution in [3.05, 3.63) is 294 Å². The summed E-state index contributed by atoms with van der Waals surface area (Å²) in [6, 6.07) is 74.5. The van der Waals surface area contributed by atoms with E-state index in [0.29, 0.717) is 6.54 Å². The van der Waals surface area contributed by atoms with Gasteiger partial charge in [0.05, 0.1) is 16.6 Å². The third-order valence-electron chi connectivity index (χ3n) is 13.7. The van der Waals surface area contributed by atoms with Crippen molar-refractivity contribution in [1.82, 2.24) is 9.13 Å². The molecule has 4 heteroatoms. The second-order valence-electron chi connectivity index (χ2n) is 19.3. The molecule has 0 atom stereocenters. The molecule has 0 unspecified atom stereocenters. The van der Waals surface area contributed by atoms with Crippen molar-refractivity contribution in [3.63, 3.8) is 0 Å². The van der Waals surface area contributed by atoms with Crippen LogP contribution in [-0.2, 0) is 19.4 Å². The fourth-order valence-corrected chi connectivity index (χ4v) is 9.82. The van der Waals surface area contributed by atoms with Crippen LogP contribution in [-0.4, -0.2) is 9.13 Å². The van der Waals surface area contributed by atoms with Crippen LogP contribution in [0.2, 0.25) is 0 Å². The molecule has 4 N–H and O–H groups in total. The van der Waals surface area contributed by atoms with Gasteiger partial charge in [-0.25, -0.2) is 0 Å². The summed E-state index contributed by atoms with van der Waals surface area (Å²) in [7, 11) is 0. The zero-order chi connectivity index (χ0) is 56.4. The average molecular weight is 1040 g/mol. The molecule has 4 nitrogen and oxygen atoms in total. The molecule has 12 rings (SSSR count). The van der Waals surface area contributed by atoms with Crippen LogP contribution in [0.5, 0.6) is 0 Å². The van der Waals surface area contributed by atoms with Crippen LogP contribution in [0.15, 0.2) is 255 Å². The van der Waals surface area contributed by atoms with Gasteiger partial charge in [0, 0.05) is 51.0 Å². The molecule has 2 heterocycles. The van der Waals surface area contributed by atoms with E-state index < -0.39 is 0 Å². The first-order valence-corrected chi connectivity index (χ1v) is 28.5. The summed E-state index contributed by atoms with van der Waals surface area (Å²) in [4.78, 5) is 0. The first-order valence-electron chi connectivity index (χ1n) is 28.5. The van der Waals surface area contributed by atoms with E-state index in [4.69, 9.17) is 11.5 Å². The normalized spacial score (nSPS) is 12.2. The van der Waals surface area contributed by atoms with Crippen molar-refractivity contribution >= 4 is 50.1 Å². The minimum absolute atomic E-state index is 0.544. The highest BCUT2D eigenvalue weighted by Crippen LogP contribution is 2.40. The lowest BCUT2D eigenvalue weighted by Gasteiger charge is -2.18. The predicted molar refractivity (Wildman–Crippen MR) is 348 cm³/mol. The quantitative estimate of drug-likeness (QED) is 0.149. The number of aromatic nitrogens is 2. The first kappa shape index (κ1) is 59.8. The van der Waals surface area contributed by atoms with Crippen LogP contribution < -0.4 is 11.5 Å². The molecule has 0 bridgehead atoms. The number of nitrogens with zero attached hydrogens (tertiary/aromatic N) is 2. The standard InChI is InChI=1S/C37H29N3.C15H15N.C9H14.C7H8.C3H6.2C2H6/c38-24-25-9-8-12-29(21-25)40-35-16-7-5-14-31(35)33-23-27(18-20-37(33)40)26-17-19-36-32(22-26)30-13-4-6-15-34(30)39(36)28-10-2-1-3-11-28;16-15(14-9-5-2-6-10-14)12-11-13-7-3-1-4-8-13;1-8(2)9-6-4-3-5-7-9;1-7-5-3-2-4-6-7;1-3-2;2*1-2/h1-17,19,21-23H,18,20,24,38H2;1-10,12H,11,16H2;3-4,6,8H,5,7H2,1-2H3;2-6H,1H3;3H,1H2,2H3;2*1-2H3/b;15-12-;;;;;. The highest BCUT2D eigenvalue weighted by molar-refractivity contribution is 6.10. The van der Waals surface area contributed by atoms with Gasteiger partial charge in [0.1, 0.15) is 0 Å². The Morgan fingerprint density at radius 3 is 1.70 bits per heavy atom. The molecule has 2 aromatic heterocycles. The zero-order valence-corrected chi connectivity index (χ0v) is 48.2. The van der Waals surface area contributed by atoms with Gasteiger partial charge in [-0.2, -0.15) is 0 Å². The summed E-state index contributed by atoms with van der Waals surface area (Å²) >= 11 is 0. The van der Waals surface area contributed by atoms with Gasteiger partial charge in [-0.15, -0.1) is 6.58 Å². The van der Waals surface area contributed by atoms with Gasteiger partial charge in [-0.3, -0.25) is 0 Å². The van der Waals surface area contributed by atoms with Gasteiger partial charge >= 0.3 is 0 Å². The maximum absolute atomic E-state index is 6.00. The number of rotatable bonds is 8. The number of fused-ring (bicyclic) bond motifs is 6. The molecule has 0 saturated carbocycles. The lowest BCUT2D eigenvalue weighted by atomic mass is 9.90. The molecular formula is C75H84N4. The van der Waals surface area contributed by atoms with Crippen molar-refractivity contribution in [1.29, 1.82) is 0 Å². The molecule has 8 aromatic carbocycles. The van der Waals surface area contributed by atoms with Gasteiger partial charge in [0.2, 0.25) is 0 Å². The smallest absolute Gasteiger partial charge is 0.0541 e. The monoisotopic (exact) mass is 1040 g/mol. The Morgan fingerprint density at radius 1 is 0.570 bits per heavy atom. The summed E-state index contributed by atoms with van der Waals surface area (Å²) in [5, 5.41) is 3.89. The van der Waals surface area contributed by atoms with Crippen molar-refractivity contribution < 1.29 is 0 Å². The van der Waals surface area contributed by atoms with Crippen LogP contribution in [0.4, 0.5) is 0 Å². The van der Waals surface area contributed by atoms with Gasteiger partial charge in [0.25, 0.3) is 0 Å². The van der Waals surface area contributed by atoms with Crippen molar-refractivity contribution in [3.8, 4) is 11.4 Å². The highest BCUT2D eigenvalue weighted by atomic mass is 15.0. The molecule has 0 radical (unpaired) electrons. The van der Waals surface area contributed by atoms with Gasteiger partial charge in [-0.1, -0.05) is 247 Å². The number of hydrogen-bond acceptors (Lipinski definition) is 2. The Hall–Kier alpha value is -8.44. The molecule has 0 spiro atoms. The second-order valence-corrected chi connectivity index (χ2v) is 19.3. The van der Waals surface area contributed by atoms with E-state index >= 15 is 0 Å². The Morgan fingerprint density at radius 2 is 1.11 bits per heavy atom. The van der Waals surface area contributed by atoms with E-state index in [0.717, 1.165) is 42.0 Å². The maximum atomic E-state index is 6.00. The molecule has 79 heavy (non-hydrogen) atoms. The van der Waals surface area contributed by atoms with Gasteiger partial charge in [-0.05, 0) is 134 Å². The van der Waals surface area contributed by atoms with Crippen molar-refractivity contribution in [2.24, 2.45) is 17.4 Å². The number of nitrogens with two attached hydrogens (primary N) is 2. The number of aryl methyl sites for hydroxylation is 1. The summed E-state index contributed by atoms with van der Waals surface area (Å²) in [6.07, 6.45) is 18.3. The molecular weight excluding hydrogens is 957 g/mol. The fraction of sp³-hybridized carbons (Fsp3) is 0.200. The topological polar surface area (TPSA) is 61.9 Å². The molecule has 0 amide bonds. The van der Waals surface area contributed by atoms with Crippen LogP contribution in [0, 0.1) is 12.8 Å². The number of para-hydroxylation sites is 3. The second kappa shape index (κ2) is 31.7. The summed E-state index contributed by atoms with van der Waals surface area (Å²) < 4.78 is 4.82. The van der Waals surface area contributed by atoms with Crippen LogP contribution in [0.3, 0.4) is 0 Å². The van der Waals surface area contributed by atoms with Gasteiger partial charge in [0.15, 0.2) is 0 Å². The molecule has 10 aromatic rings. The number of hydrogen-bond donors (Lipinski definition) is 2. The SMILES string of the molecule is C=CC.CC.CC.CC(C)C1=CC=CCC1.Cc1ccccc1.N/C(=C\Cc1ccccc1)c1ccccc1.NCc1cccc(-n2c3c(c4ccccc42)C=C(c2ccc4c(c2)c2ccccc2n4-c2ccccc2)CC3)c1. The fourth-order valence-electron chi connectivity index (χ4n) is 9.82. The lowest BCUT2D eigenvalue weighted by molar-refractivity contribution is 0.709. The minimum atomic E-state index is 0.544. The van der Waals surface area contributed by atoms with Crippen LogP contribution in [0.1, 0.15) is 107 Å². The average Bonchev–Trinajstić information content (AvgIpc) is 4.28. The van der Waals surface area contributed by atoms with Crippen molar-refractivity contribution in [2.75, 3.05) is 0 Å². The molecule has 2 aliphatic rings. The third-order valence-corrected chi connectivity index (χ3v) is 13.7. The van der Waals surface area contributed by atoms with E-state index in [-0.39, 0.29) is 0 Å². The number of allylic oxidation sites excluding steroid dienone is 7. The highest BCUT2D eigenvalue weighted by Gasteiger charge is 2.22. The van der Waals surface area contributed by atoms with Gasteiger partial charge < -0.3 is 20.6 Å². The van der Waals surface area contributed by atoms with Crippen LogP contribution >= 0.6 is 0 Å². The van der Waals surface area contributed by atoms with E-state index in [1.54, 1.807) is 11.6 Å². The lowest BCUT2D eigenvalue weighted by Crippen LogP contribution is -2.06. The Kier molecular flexibility index (Phi) is 24.0. The van der Waals surface area contributed by atoms with E-state index in [1.165, 1.54) is 90.4 Å². The predicted octanol–water partition coefficient (Wildman–Crippen LogP) is 20.1. The van der Waals surface area contributed by atoms with E-state index in [2.05, 4.69) is 212 Å². The summed E-state index contributed by atoms with van der Waals surface area (Å²) in [5.41, 5.74) is 30.8. The zero-order valence-electron chi connectivity index (χ0n) is 48.2. The Labute approximate surface area is 473 Å². The van der Waals surface area contributed by atoms with E-state index in [1.807, 2.05) is 101 Å². The maximum Gasteiger partial charge on any atom is 0.0541 e. The largest absolute Gasteiger partial charge is 0.398 e. The molecule has 0 aliphatic heterocycles. The molecule has 2 aliphatic carbocycles. The minimum Gasteiger partial charge on any atom is -0.398 e. The third kappa shape index (κ3) is 16.1. The summed E-state index contributed by atoms with van der Waals surface area (Å²) in [5.74, 6) is 0.745. The molecule has 0 fully saturated rings. The Bertz CT molecular complexity index is 3550. The molecule has 0 saturated heterocycles. The number of benzene rings is 8. The van der Waals surface area contributed by atoms with Crippen LogP contribution in [0.25, 0.3) is 61.4 Å². The Balaban J connectivity index is 0.000000210. The first-order chi connectivity index (χ1) is 38.8. The van der Waals surface area contributed by atoms with E-state index in [9.17, 15) is 0 Å². The summed E-state index contributed by atoms with van der Waals surface area (Å²) in [6.45, 7) is 20.4.